The molecule has 2 aromatic carbocycles. The molecule has 0 radical (unpaired) electrons. The number of benzene rings is 2. The Balaban J connectivity index is 2.35. The van der Waals surface area contributed by atoms with Gasteiger partial charge in [-0.1, -0.05) is 61.8 Å². The van der Waals surface area contributed by atoms with Gasteiger partial charge >= 0.3 is 0 Å². The third kappa shape index (κ3) is 3.38. The molecule has 2 rings (SSSR count). The maximum absolute atomic E-state index is 14.2. The van der Waals surface area contributed by atoms with Gasteiger partial charge in [0, 0.05) is 22.5 Å². The third-order valence-electron chi connectivity index (χ3n) is 3.55. The summed E-state index contributed by atoms with van der Waals surface area (Å²) >= 11 is 5.83. The first-order chi connectivity index (χ1) is 9.63. The van der Waals surface area contributed by atoms with Crippen molar-refractivity contribution in [3.05, 3.63) is 70.5 Å². The van der Waals surface area contributed by atoms with Gasteiger partial charge in [-0.15, -0.1) is 0 Å². The molecule has 0 spiro atoms. The van der Waals surface area contributed by atoms with E-state index in [0.717, 1.165) is 6.54 Å². The number of hydrogen-bond acceptors (Lipinski definition) is 1. The average molecular weight is 292 g/mol. The molecule has 0 heterocycles. The Morgan fingerprint density at radius 2 is 1.85 bits per heavy atom. The maximum Gasteiger partial charge on any atom is 0.129 e. The van der Waals surface area contributed by atoms with E-state index in [1.54, 1.807) is 12.1 Å². The summed E-state index contributed by atoms with van der Waals surface area (Å²) in [6, 6.07) is 15.0. The van der Waals surface area contributed by atoms with Crippen molar-refractivity contribution in [2.24, 2.45) is 0 Å². The van der Waals surface area contributed by atoms with Crippen LogP contribution in [0, 0.1) is 5.82 Å². The molecule has 2 atom stereocenters. The standard InChI is InChI=1S/C17H19ClFN/c1-3-20-17(12(2)13-7-5-4-6-8-13)15-10-9-14(18)11-16(15)19/h4-12,17,20H,3H2,1-2H3. The second-order valence-electron chi connectivity index (χ2n) is 4.90. The molecule has 2 unspecified atom stereocenters. The van der Waals surface area contributed by atoms with Gasteiger partial charge in [-0.3, -0.25) is 0 Å². The fourth-order valence-electron chi connectivity index (χ4n) is 2.48. The van der Waals surface area contributed by atoms with E-state index in [-0.39, 0.29) is 17.8 Å². The number of likely N-dealkylation sites (N-methyl/N-ethyl adjacent to an activating group) is 1. The number of halogens is 2. The smallest absolute Gasteiger partial charge is 0.129 e. The molecule has 20 heavy (non-hydrogen) atoms. The van der Waals surface area contributed by atoms with Crippen LogP contribution in [0.4, 0.5) is 4.39 Å². The molecule has 106 valence electrons. The zero-order chi connectivity index (χ0) is 14.5. The van der Waals surface area contributed by atoms with Gasteiger partial charge in [-0.2, -0.15) is 0 Å². The minimum Gasteiger partial charge on any atom is -0.310 e. The summed E-state index contributed by atoms with van der Waals surface area (Å²) in [4.78, 5) is 0. The van der Waals surface area contributed by atoms with Crippen molar-refractivity contribution in [2.45, 2.75) is 25.8 Å². The van der Waals surface area contributed by atoms with Crippen LogP contribution in [0.15, 0.2) is 48.5 Å². The highest BCUT2D eigenvalue weighted by Crippen LogP contribution is 2.32. The molecule has 0 aliphatic rings. The fourth-order valence-corrected chi connectivity index (χ4v) is 2.64. The molecule has 0 fully saturated rings. The Bertz CT molecular complexity index is 556. The average Bonchev–Trinajstić information content (AvgIpc) is 2.46. The van der Waals surface area contributed by atoms with Crippen LogP contribution in [-0.2, 0) is 0 Å². The van der Waals surface area contributed by atoms with Crippen LogP contribution in [0.2, 0.25) is 5.02 Å². The second-order valence-corrected chi connectivity index (χ2v) is 5.34. The summed E-state index contributed by atoms with van der Waals surface area (Å²) in [5.41, 5.74) is 1.85. The number of nitrogens with one attached hydrogen (secondary N) is 1. The van der Waals surface area contributed by atoms with Crippen LogP contribution in [0.5, 0.6) is 0 Å². The van der Waals surface area contributed by atoms with Gasteiger partial charge in [-0.05, 0) is 24.2 Å². The molecule has 0 aliphatic heterocycles. The Hall–Kier alpha value is -1.38. The molecule has 3 heteroatoms. The van der Waals surface area contributed by atoms with Crippen molar-refractivity contribution in [2.75, 3.05) is 6.54 Å². The van der Waals surface area contributed by atoms with E-state index in [1.165, 1.54) is 11.6 Å². The Kier molecular flexibility index (Phi) is 5.16. The molecular formula is C17H19ClFN. The first-order valence-electron chi connectivity index (χ1n) is 6.86. The highest BCUT2D eigenvalue weighted by molar-refractivity contribution is 6.30. The van der Waals surface area contributed by atoms with E-state index >= 15 is 0 Å². The van der Waals surface area contributed by atoms with Crippen LogP contribution in [-0.4, -0.2) is 6.54 Å². The monoisotopic (exact) mass is 291 g/mol. The quantitative estimate of drug-likeness (QED) is 0.823. The van der Waals surface area contributed by atoms with Crippen molar-refractivity contribution < 1.29 is 4.39 Å². The Labute approximate surface area is 124 Å². The minimum absolute atomic E-state index is 0.0698. The third-order valence-corrected chi connectivity index (χ3v) is 3.78. The lowest BCUT2D eigenvalue weighted by molar-refractivity contribution is 0.456. The molecule has 0 saturated carbocycles. The van der Waals surface area contributed by atoms with Gasteiger partial charge in [0.2, 0.25) is 0 Å². The first kappa shape index (κ1) is 15.0. The van der Waals surface area contributed by atoms with Gasteiger partial charge in [0.1, 0.15) is 5.82 Å². The van der Waals surface area contributed by atoms with Crippen molar-refractivity contribution in [1.82, 2.24) is 5.32 Å². The molecule has 0 amide bonds. The summed E-state index contributed by atoms with van der Waals surface area (Å²) < 4.78 is 14.2. The Morgan fingerprint density at radius 1 is 1.15 bits per heavy atom. The molecule has 0 bridgehead atoms. The summed E-state index contributed by atoms with van der Waals surface area (Å²) in [7, 11) is 0. The summed E-state index contributed by atoms with van der Waals surface area (Å²) in [6.45, 7) is 4.92. The van der Waals surface area contributed by atoms with Crippen LogP contribution in [0.25, 0.3) is 0 Å². The normalized spacial score (nSPS) is 14.0. The van der Waals surface area contributed by atoms with E-state index in [4.69, 9.17) is 11.6 Å². The number of rotatable bonds is 5. The van der Waals surface area contributed by atoms with Crippen LogP contribution >= 0.6 is 11.6 Å². The van der Waals surface area contributed by atoms with Gasteiger partial charge in [0.25, 0.3) is 0 Å². The van der Waals surface area contributed by atoms with Crippen LogP contribution < -0.4 is 5.32 Å². The van der Waals surface area contributed by atoms with Crippen LogP contribution in [0.3, 0.4) is 0 Å². The van der Waals surface area contributed by atoms with Gasteiger partial charge in [0.05, 0.1) is 0 Å². The molecule has 1 N–H and O–H groups in total. The molecule has 1 nitrogen and oxygen atoms in total. The highest BCUT2D eigenvalue weighted by Gasteiger charge is 2.22. The van der Waals surface area contributed by atoms with Crippen molar-refractivity contribution in [3.63, 3.8) is 0 Å². The first-order valence-corrected chi connectivity index (χ1v) is 7.24. The second kappa shape index (κ2) is 6.87. The largest absolute Gasteiger partial charge is 0.310 e. The van der Waals surface area contributed by atoms with E-state index < -0.39 is 0 Å². The Morgan fingerprint density at radius 3 is 2.45 bits per heavy atom. The molecule has 0 aromatic heterocycles. The predicted octanol–water partition coefficient (Wildman–Crippen LogP) is 4.93. The molecule has 0 aliphatic carbocycles. The van der Waals surface area contributed by atoms with Gasteiger partial charge in [-0.25, -0.2) is 4.39 Å². The lowest BCUT2D eigenvalue weighted by atomic mass is 9.88. The van der Waals surface area contributed by atoms with E-state index in [9.17, 15) is 4.39 Å². The fraction of sp³-hybridized carbons (Fsp3) is 0.294. The van der Waals surface area contributed by atoms with Crippen molar-refractivity contribution in [1.29, 1.82) is 0 Å². The van der Waals surface area contributed by atoms with E-state index in [1.807, 2.05) is 25.1 Å². The lowest BCUT2D eigenvalue weighted by Gasteiger charge is -2.26. The van der Waals surface area contributed by atoms with Crippen LogP contribution in [0.1, 0.15) is 36.9 Å². The molecule has 0 saturated heterocycles. The predicted molar refractivity (Wildman–Crippen MR) is 82.7 cm³/mol. The molecule has 2 aromatic rings. The van der Waals surface area contributed by atoms with Crippen molar-refractivity contribution in [3.8, 4) is 0 Å². The molecular weight excluding hydrogens is 273 g/mol. The summed E-state index contributed by atoms with van der Waals surface area (Å²) in [5, 5.41) is 3.80. The topological polar surface area (TPSA) is 12.0 Å². The highest BCUT2D eigenvalue weighted by atomic mass is 35.5. The summed E-state index contributed by atoms with van der Waals surface area (Å²) in [6.07, 6.45) is 0. The maximum atomic E-state index is 14.2. The van der Waals surface area contributed by atoms with Crippen molar-refractivity contribution >= 4 is 11.6 Å². The SMILES string of the molecule is CCNC(c1ccc(Cl)cc1F)C(C)c1ccccc1. The minimum atomic E-state index is -0.258. The summed E-state index contributed by atoms with van der Waals surface area (Å²) in [5.74, 6) is -0.0851. The number of hydrogen-bond donors (Lipinski definition) is 1. The van der Waals surface area contributed by atoms with E-state index in [0.29, 0.717) is 10.6 Å². The van der Waals surface area contributed by atoms with Gasteiger partial charge in [0.15, 0.2) is 0 Å². The van der Waals surface area contributed by atoms with E-state index in [2.05, 4.69) is 24.4 Å². The lowest BCUT2D eigenvalue weighted by Crippen LogP contribution is -2.26. The zero-order valence-corrected chi connectivity index (χ0v) is 12.5. The zero-order valence-electron chi connectivity index (χ0n) is 11.7. The van der Waals surface area contributed by atoms with Gasteiger partial charge < -0.3 is 5.32 Å².